The third-order valence-electron chi connectivity index (χ3n) is 4.15. The number of amides is 1. The minimum absolute atomic E-state index is 0.203. The third-order valence-corrected chi connectivity index (χ3v) is 4.75. The highest BCUT2D eigenvalue weighted by Crippen LogP contribution is 2.30. The van der Waals surface area contributed by atoms with Crippen molar-refractivity contribution in [3.8, 4) is 0 Å². The van der Waals surface area contributed by atoms with Crippen molar-refractivity contribution in [2.24, 2.45) is 0 Å². The van der Waals surface area contributed by atoms with Crippen LogP contribution < -0.4 is 0 Å². The monoisotopic (exact) mass is 388 g/mol. The second-order valence-electron chi connectivity index (χ2n) is 5.80. The number of methoxy groups -OCH3 is 1. The number of carbonyl (C=O) groups excluding carboxylic acids is 2. The first-order valence-electron chi connectivity index (χ1n) is 7.58. The molecule has 2 heterocycles. The molecule has 1 atom stereocenters. The summed E-state index contributed by atoms with van der Waals surface area (Å²) in [7, 11) is 1.36. The molecule has 124 valence electrons. The number of ether oxygens (including phenoxy) is 1. The largest absolute Gasteiger partial charge is 0.468 e. The number of rotatable bonds is 2. The van der Waals surface area contributed by atoms with Gasteiger partial charge < -0.3 is 9.64 Å². The highest BCUT2D eigenvalue weighted by atomic mass is 79.9. The van der Waals surface area contributed by atoms with Gasteiger partial charge in [0.1, 0.15) is 5.69 Å². The topological polar surface area (TPSA) is 59.5 Å². The van der Waals surface area contributed by atoms with E-state index >= 15 is 0 Å². The molecule has 24 heavy (non-hydrogen) atoms. The Morgan fingerprint density at radius 3 is 2.79 bits per heavy atom. The van der Waals surface area contributed by atoms with Crippen LogP contribution in [0, 0.1) is 6.92 Å². The zero-order valence-electron chi connectivity index (χ0n) is 13.5. The molecule has 6 heteroatoms. The van der Waals surface area contributed by atoms with Crippen LogP contribution in [0.4, 0.5) is 0 Å². The van der Waals surface area contributed by atoms with Crippen molar-refractivity contribution in [1.29, 1.82) is 0 Å². The average molecular weight is 389 g/mol. The van der Waals surface area contributed by atoms with Crippen LogP contribution in [-0.4, -0.2) is 35.4 Å². The van der Waals surface area contributed by atoms with Crippen molar-refractivity contribution in [2.75, 3.05) is 13.7 Å². The van der Waals surface area contributed by atoms with E-state index in [0.717, 1.165) is 16.7 Å². The van der Waals surface area contributed by atoms with Crippen molar-refractivity contribution < 1.29 is 14.3 Å². The van der Waals surface area contributed by atoms with Crippen molar-refractivity contribution in [2.45, 2.75) is 19.4 Å². The van der Waals surface area contributed by atoms with Gasteiger partial charge in [0.25, 0.3) is 5.91 Å². The molecular weight excluding hydrogens is 372 g/mol. The number of hydrogen-bond acceptors (Lipinski definition) is 4. The lowest BCUT2D eigenvalue weighted by molar-refractivity contribution is -0.143. The predicted molar refractivity (Wildman–Crippen MR) is 92.6 cm³/mol. The first-order chi connectivity index (χ1) is 11.5. The molecule has 1 unspecified atom stereocenters. The van der Waals surface area contributed by atoms with E-state index < -0.39 is 5.92 Å². The highest BCUT2D eigenvalue weighted by Gasteiger charge is 2.34. The van der Waals surface area contributed by atoms with E-state index in [9.17, 15) is 9.59 Å². The summed E-state index contributed by atoms with van der Waals surface area (Å²) in [5.41, 5.74) is 3.19. The number of carbonyl (C=O) groups is 2. The Bertz CT molecular complexity index is 807. The quantitative estimate of drug-likeness (QED) is 0.741. The van der Waals surface area contributed by atoms with Gasteiger partial charge >= 0.3 is 5.97 Å². The summed E-state index contributed by atoms with van der Waals surface area (Å²) in [4.78, 5) is 30.9. The molecule has 0 fully saturated rings. The molecule has 3 rings (SSSR count). The number of hydrogen-bond donors (Lipinski definition) is 0. The van der Waals surface area contributed by atoms with Crippen LogP contribution >= 0.6 is 15.9 Å². The van der Waals surface area contributed by atoms with Crippen molar-refractivity contribution in [3.05, 3.63) is 63.4 Å². The van der Waals surface area contributed by atoms with E-state index in [-0.39, 0.29) is 18.4 Å². The van der Waals surface area contributed by atoms with Gasteiger partial charge in [0.05, 0.1) is 13.0 Å². The maximum Gasteiger partial charge on any atom is 0.314 e. The van der Waals surface area contributed by atoms with Gasteiger partial charge in [-0.05, 0) is 45.6 Å². The van der Waals surface area contributed by atoms with Gasteiger partial charge in [-0.1, -0.05) is 24.3 Å². The lowest BCUT2D eigenvalue weighted by Crippen LogP contribution is -2.41. The lowest BCUT2D eigenvalue weighted by Gasteiger charge is -2.33. The Balaban J connectivity index is 1.95. The van der Waals surface area contributed by atoms with Gasteiger partial charge in [0, 0.05) is 23.8 Å². The van der Waals surface area contributed by atoms with Crippen LogP contribution in [0.25, 0.3) is 0 Å². The van der Waals surface area contributed by atoms with E-state index in [4.69, 9.17) is 4.74 Å². The number of halogens is 1. The fourth-order valence-corrected chi connectivity index (χ4v) is 3.58. The van der Waals surface area contributed by atoms with Crippen LogP contribution in [0.5, 0.6) is 0 Å². The average Bonchev–Trinajstić information content (AvgIpc) is 2.59. The number of pyridine rings is 1. The highest BCUT2D eigenvalue weighted by molar-refractivity contribution is 9.10. The molecule has 5 nitrogen and oxygen atoms in total. The van der Waals surface area contributed by atoms with Gasteiger partial charge in [-0.3, -0.25) is 9.59 Å². The summed E-state index contributed by atoms with van der Waals surface area (Å²) >= 11 is 3.40. The molecule has 1 aromatic carbocycles. The first-order valence-corrected chi connectivity index (χ1v) is 8.37. The molecule has 1 amide bonds. The summed E-state index contributed by atoms with van der Waals surface area (Å²) in [6.45, 7) is 2.64. The molecule has 1 aromatic heterocycles. The molecule has 0 bridgehead atoms. The summed E-state index contributed by atoms with van der Waals surface area (Å²) in [5, 5.41) is 0. The molecule has 0 saturated carbocycles. The molecular formula is C18H17BrN2O3. The number of aryl methyl sites for hydroxylation is 1. The van der Waals surface area contributed by atoms with Crippen LogP contribution in [0.1, 0.15) is 33.1 Å². The smallest absolute Gasteiger partial charge is 0.314 e. The normalized spacial score (nSPS) is 16.5. The standard InChI is InChI=1S/C18H17BrN2O3/c1-11-7-15(19)16(20-8-11)17(22)21-9-12-5-3-4-6-13(12)14(10-21)18(23)24-2/h3-8,14H,9-10H2,1-2H3. The summed E-state index contributed by atoms with van der Waals surface area (Å²) < 4.78 is 5.57. The first kappa shape index (κ1) is 16.6. The van der Waals surface area contributed by atoms with Gasteiger partial charge in [-0.15, -0.1) is 0 Å². The fourth-order valence-electron chi connectivity index (χ4n) is 2.95. The SMILES string of the molecule is COC(=O)C1CN(C(=O)c2ncc(C)cc2Br)Cc2ccccc21. The second kappa shape index (κ2) is 6.73. The fraction of sp³-hybridized carbons (Fsp3) is 0.278. The Hall–Kier alpha value is -2.21. The molecule has 0 saturated heterocycles. The zero-order chi connectivity index (χ0) is 17.3. The summed E-state index contributed by atoms with van der Waals surface area (Å²) in [6.07, 6.45) is 1.66. The van der Waals surface area contributed by atoms with Crippen molar-refractivity contribution in [3.63, 3.8) is 0 Å². The minimum atomic E-state index is -0.479. The molecule has 0 radical (unpaired) electrons. The van der Waals surface area contributed by atoms with E-state index in [1.807, 2.05) is 37.3 Å². The molecule has 0 N–H and O–H groups in total. The van der Waals surface area contributed by atoms with Gasteiger partial charge in [0.15, 0.2) is 0 Å². The number of aromatic nitrogens is 1. The molecule has 0 spiro atoms. The van der Waals surface area contributed by atoms with E-state index in [0.29, 0.717) is 16.7 Å². The van der Waals surface area contributed by atoms with Gasteiger partial charge in [0.2, 0.25) is 0 Å². The van der Waals surface area contributed by atoms with Gasteiger partial charge in [-0.2, -0.15) is 0 Å². The van der Waals surface area contributed by atoms with Crippen LogP contribution in [-0.2, 0) is 16.1 Å². The Morgan fingerprint density at radius 1 is 1.33 bits per heavy atom. The minimum Gasteiger partial charge on any atom is -0.468 e. The number of nitrogens with zero attached hydrogens (tertiary/aromatic N) is 2. The number of esters is 1. The molecule has 1 aliphatic heterocycles. The number of benzene rings is 1. The Labute approximate surface area is 148 Å². The molecule has 1 aliphatic rings. The third kappa shape index (κ3) is 3.06. The maximum atomic E-state index is 12.9. The van der Waals surface area contributed by atoms with Crippen molar-refractivity contribution >= 4 is 27.8 Å². The van der Waals surface area contributed by atoms with Crippen molar-refractivity contribution in [1.82, 2.24) is 9.88 Å². The van der Waals surface area contributed by atoms with E-state index in [1.165, 1.54) is 7.11 Å². The molecule has 2 aromatic rings. The Morgan fingerprint density at radius 2 is 2.08 bits per heavy atom. The Kier molecular flexibility index (Phi) is 4.66. The van der Waals surface area contributed by atoms with Crippen LogP contribution in [0.2, 0.25) is 0 Å². The summed E-state index contributed by atoms with van der Waals surface area (Å²) in [6, 6.07) is 9.50. The van der Waals surface area contributed by atoms with Gasteiger partial charge in [-0.25, -0.2) is 4.98 Å². The second-order valence-corrected chi connectivity index (χ2v) is 6.66. The van der Waals surface area contributed by atoms with Crippen LogP contribution in [0.3, 0.4) is 0 Å². The molecule has 0 aliphatic carbocycles. The predicted octanol–water partition coefficient (Wildman–Crippen LogP) is 3.07. The van der Waals surface area contributed by atoms with E-state index in [1.54, 1.807) is 11.1 Å². The maximum absolute atomic E-state index is 12.9. The summed E-state index contributed by atoms with van der Waals surface area (Å²) in [5.74, 6) is -1.02. The lowest BCUT2D eigenvalue weighted by atomic mass is 9.89. The van der Waals surface area contributed by atoms with Crippen LogP contribution in [0.15, 0.2) is 41.0 Å². The number of fused-ring (bicyclic) bond motifs is 1. The van der Waals surface area contributed by atoms with E-state index in [2.05, 4.69) is 20.9 Å². The zero-order valence-corrected chi connectivity index (χ0v) is 15.0.